The van der Waals surface area contributed by atoms with Crippen LogP contribution in [0.3, 0.4) is 0 Å². The van der Waals surface area contributed by atoms with E-state index in [9.17, 15) is 14.4 Å². The monoisotopic (exact) mass is 426 g/mol. The zero-order chi connectivity index (χ0) is 23.1. The van der Waals surface area contributed by atoms with E-state index < -0.39 is 0 Å². The fraction of sp³-hybridized carbons (Fsp3) is 0.654. The van der Waals surface area contributed by atoms with E-state index in [4.69, 9.17) is 12.8 Å². The minimum absolute atomic E-state index is 0.0725. The van der Waals surface area contributed by atoms with Gasteiger partial charge in [-0.3, -0.25) is 19.3 Å². The van der Waals surface area contributed by atoms with Crippen molar-refractivity contribution in [2.24, 2.45) is 5.92 Å². The van der Waals surface area contributed by atoms with Crippen LogP contribution in [0.2, 0.25) is 0 Å². The van der Waals surface area contributed by atoms with E-state index in [-0.39, 0.29) is 29.7 Å². The maximum atomic E-state index is 12.9. The Morgan fingerprint density at radius 2 is 1.74 bits per heavy atom. The second-order valence-corrected chi connectivity index (χ2v) is 8.41. The number of imide groups is 1. The highest BCUT2D eigenvalue weighted by Crippen LogP contribution is 2.27. The molecule has 0 fully saturated rings. The van der Waals surface area contributed by atoms with Gasteiger partial charge in [0.1, 0.15) is 0 Å². The molecular weight excluding hydrogens is 388 g/mol. The summed E-state index contributed by atoms with van der Waals surface area (Å²) < 4.78 is 0. The lowest BCUT2D eigenvalue weighted by Crippen LogP contribution is -2.43. The topological polar surface area (TPSA) is 66.5 Å². The predicted octanol–water partition coefficient (Wildman–Crippen LogP) is 4.37. The fourth-order valence-electron chi connectivity index (χ4n) is 3.84. The van der Waals surface area contributed by atoms with E-state index in [0.717, 1.165) is 76.2 Å². The van der Waals surface area contributed by atoms with Gasteiger partial charge >= 0.3 is 0 Å². The normalized spacial score (nSPS) is 16.4. The molecule has 0 aromatic heterocycles. The summed E-state index contributed by atoms with van der Waals surface area (Å²) in [7, 11) is 0. The maximum absolute atomic E-state index is 12.9. The molecule has 1 aliphatic heterocycles. The van der Waals surface area contributed by atoms with Gasteiger partial charge < -0.3 is 5.32 Å². The van der Waals surface area contributed by atoms with Crippen molar-refractivity contribution in [2.45, 2.75) is 96.9 Å². The summed E-state index contributed by atoms with van der Waals surface area (Å²) in [6.45, 7) is 4.42. The Bertz CT molecular complexity index is 711. The highest BCUT2D eigenvalue weighted by atomic mass is 16.2. The molecule has 0 bridgehead atoms. The minimum Gasteiger partial charge on any atom is -0.356 e. The smallest absolute Gasteiger partial charge is 0.253 e. The first-order valence-electron chi connectivity index (χ1n) is 11.6. The number of rotatable bonds is 15. The van der Waals surface area contributed by atoms with E-state index in [1.807, 2.05) is 13.8 Å². The van der Waals surface area contributed by atoms with Crippen LogP contribution in [0.1, 0.15) is 90.9 Å². The molecule has 1 heterocycles. The van der Waals surface area contributed by atoms with Gasteiger partial charge in [0.15, 0.2) is 0 Å². The van der Waals surface area contributed by atoms with Gasteiger partial charge in [0.05, 0.1) is 6.04 Å². The molecule has 0 radical (unpaired) electrons. The van der Waals surface area contributed by atoms with Crippen LogP contribution in [-0.4, -0.2) is 35.2 Å². The largest absolute Gasteiger partial charge is 0.356 e. The Hall–Kier alpha value is -2.53. The van der Waals surface area contributed by atoms with Crippen LogP contribution >= 0.6 is 0 Å². The second kappa shape index (κ2) is 15.3. The lowest BCUT2D eigenvalue weighted by Gasteiger charge is -2.27. The fourth-order valence-corrected chi connectivity index (χ4v) is 3.84. The van der Waals surface area contributed by atoms with E-state index in [1.165, 1.54) is 4.90 Å². The second-order valence-electron chi connectivity index (χ2n) is 8.41. The number of nitrogens with one attached hydrogen (secondary N) is 1. The third-order valence-corrected chi connectivity index (χ3v) is 5.74. The average molecular weight is 427 g/mol. The molecular formula is C26H38N2O3. The van der Waals surface area contributed by atoms with Crippen molar-refractivity contribution in [2.75, 3.05) is 6.54 Å². The van der Waals surface area contributed by atoms with Gasteiger partial charge in [-0.15, -0.1) is 24.7 Å². The number of terminal acetylenes is 2. The first-order valence-corrected chi connectivity index (χ1v) is 11.6. The molecule has 0 saturated heterocycles. The number of nitrogens with zero attached hydrogens (tertiary/aromatic N) is 1. The molecule has 0 unspecified atom stereocenters. The Morgan fingerprint density at radius 1 is 1.06 bits per heavy atom. The van der Waals surface area contributed by atoms with Crippen LogP contribution in [0.15, 0.2) is 11.6 Å². The third kappa shape index (κ3) is 9.88. The quantitative estimate of drug-likeness (QED) is 0.312. The van der Waals surface area contributed by atoms with Crippen molar-refractivity contribution in [1.82, 2.24) is 10.2 Å². The van der Waals surface area contributed by atoms with E-state index >= 15 is 0 Å². The molecule has 170 valence electrons. The summed E-state index contributed by atoms with van der Waals surface area (Å²) in [5.74, 6) is 4.80. The van der Waals surface area contributed by atoms with Crippen molar-refractivity contribution in [3.63, 3.8) is 0 Å². The van der Waals surface area contributed by atoms with E-state index in [2.05, 4.69) is 17.2 Å². The molecule has 1 N–H and O–H groups in total. The van der Waals surface area contributed by atoms with Gasteiger partial charge in [0.2, 0.25) is 11.8 Å². The zero-order valence-electron chi connectivity index (χ0n) is 19.3. The molecule has 0 saturated carbocycles. The first kappa shape index (κ1) is 26.5. The summed E-state index contributed by atoms with van der Waals surface area (Å²) in [6, 6.07) is -0.167. The molecule has 1 aliphatic rings. The van der Waals surface area contributed by atoms with Crippen LogP contribution in [0.5, 0.6) is 0 Å². The van der Waals surface area contributed by atoms with Gasteiger partial charge in [-0.2, -0.15) is 0 Å². The molecule has 5 heteroatoms. The number of unbranched alkanes of at least 4 members (excludes halogenated alkanes) is 6. The predicted molar refractivity (Wildman–Crippen MR) is 125 cm³/mol. The van der Waals surface area contributed by atoms with Crippen LogP contribution in [0.25, 0.3) is 0 Å². The SMILES string of the molecule is C#CCCCCCC(=O)NCCCC[C@H]1C(C)=CC(=O)N1C(=O)[C@H](C)CCCCC#C. The van der Waals surface area contributed by atoms with Crippen molar-refractivity contribution < 1.29 is 14.4 Å². The third-order valence-electron chi connectivity index (χ3n) is 5.74. The Balaban J connectivity index is 2.35. The van der Waals surface area contributed by atoms with Crippen molar-refractivity contribution in [3.05, 3.63) is 11.6 Å². The van der Waals surface area contributed by atoms with Crippen LogP contribution in [-0.2, 0) is 14.4 Å². The molecule has 0 aliphatic carbocycles. The highest BCUT2D eigenvalue weighted by molar-refractivity contribution is 6.04. The first-order chi connectivity index (χ1) is 14.9. The standard InChI is InChI=1S/C26H38N2O3/c1-5-7-9-11-13-18-24(29)27-19-15-14-17-23-22(4)20-25(30)28(23)26(31)21(3)16-12-10-8-6-2/h1-2,20-21,23H,7-19H2,3-4H3,(H,27,29)/t21-,23+/m1/s1. The molecule has 0 spiro atoms. The highest BCUT2D eigenvalue weighted by Gasteiger charge is 2.36. The Morgan fingerprint density at radius 3 is 2.42 bits per heavy atom. The number of carbonyl (C=O) groups is 3. The molecule has 3 amide bonds. The Kier molecular flexibility index (Phi) is 13.1. The minimum atomic E-state index is -0.207. The van der Waals surface area contributed by atoms with E-state index in [1.54, 1.807) is 6.08 Å². The van der Waals surface area contributed by atoms with Gasteiger partial charge in [0, 0.05) is 37.8 Å². The van der Waals surface area contributed by atoms with Crippen molar-refractivity contribution in [1.29, 1.82) is 0 Å². The van der Waals surface area contributed by atoms with Gasteiger partial charge in [0.25, 0.3) is 5.91 Å². The molecule has 1 rings (SSSR count). The zero-order valence-corrected chi connectivity index (χ0v) is 19.3. The molecule has 5 nitrogen and oxygen atoms in total. The average Bonchev–Trinajstić information content (AvgIpc) is 3.02. The Labute approximate surface area is 188 Å². The number of amides is 3. The number of carbonyl (C=O) groups excluding carboxylic acids is 3. The summed E-state index contributed by atoms with van der Waals surface area (Å²) in [5, 5.41) is 2.95. The summed E-state index contributed by atoms with van der Waals surface area (Å²) in [6.07, 6.45) is 21.8. The maximum Gasteiger partial charge on any atom is 0.253 e. The van der Waals surface area contributed by atoms with Crippen LogP contribution < -0.4 is 5.32 Å². The van der Waals surface area contributed by atoms with Crippen molar-refractivity contribution in [3.8, 4) is 24.7 Å². The van der Waals surface area contributed by atoms with Gasteiger partial charge in [-0.25, -0.2) is 0 Å². The molecule has 2 atom stereocenters. The molecule has 31 heavy (non-hydrogen) atoms. The summed E-state index contributed by atoms with van der Waals surface area (Å²) in [5.41, 5.74) is 0.939. The summed E-state index contributed by atoms with van der Waals surface area (Å²) >= 11 is 0. The summed E-state index contributed by atoms with van der Waals surface area (Å²) in [4.78, 5) is 38.6. The van der Waals surface area contributed by atoms with Crippen LogP contribution in [0, 0.1) is 30.6 Å². The molecule has 0 aromatic rings. The van der Waals surface area contributed by atoms with E-state index in [0.29, 0.717) is 13.0 Å². The lowest BCUT2D eigenvalue weighted by atomic mass is 9.99. The van der Waals surface area contributed by atoms with Gasteiger partial charge in [-0.1, -0.05) is 19.8 Å². The van der Waals surface area contributed by atoms with Crippen molar-refractivity contribution >= 4 is 17.7 Å². The molecule has 0 aromatic carbocycles. The lowest BCUT2D eigenvalue weighted by molar-refractivity contribution is -0.145. The number of hydrogen-bond donors (Lipinski definition) is 1. The van der Waals surface area contributed by atoms with Crippen LogP contribution in [0.4, 0.5) is 0 Å². The number of hydrogen-bond acceptors (Lipinski definition) is 3. The van der Waals surface area contributed by atoms with Gasteiger partial charge in [-0.05, 0) is 57.4 Å².